The number of hydrogen-bond donors (Lipinski definition) is 3. The zero-order chi connectivity index (χ0) is 26.7. The highest BCUT2D eigenvalue weighted by molar-refractivity contribution is 7.76. The van der Waals surface area contributed by atoms with Gasteiger partial charge in [0.25, 0.3) is 0 Å². The van der Waals surface area contributed by atoms with Crippen molar-refractivity contribution in [1.29, 1.82) is 0 Å². The lowest BCUT2D eigenvalue weighted by molar-refractivity contribution is -0.125. The van der Waals surface area contributed by atoms with Gasteiger partial charge >= 0.3 is 0 Å². The van der Waals surface area contributed by atoms with Crippen LogP contribution in [0.5, 0.6) is 5.75 Å². The first-order valence-corrected chi connectivity index (χ1v) is 14.5. The molecule has 2 atom stereocenters. The van der Waals surface area contributed by atoms with E-state index in [9.17, 15) is 4.79 Å². The van der Waals surface area contributed by atoms with Crippen LogP contribution >= 0.6 is 0 Å². The van der Waals surface area contributed by atoms with Gasteiger partial charge in [-0.25, -0.2) is 0 Å². The minimum atomic E-state index is -0.0804. The van der Waals surface area contributed by atoms with Crippen LogP contribution in [0, 0.1) is 5.92 Å². The van der Waals surface area contributed by atoms with Gasteiger partial charge in [-0.1, -0.05) is 103 Å². The summed E-state index contributed by atoms with van der Waals surface area (Å²) in [5.74, 6) is 1.02. The second-order valence-corrected chi connectivity index (χ2v) is 10.9. The van der Waals surface area contributed by atoms with Crippen molar-refractivity contribution in [2.75, 3.05) is 19.6 Å². The van der Waals surface area contributed by atoms with E-state index in [2.05, 4.69) is 82.1 Å². The van der Waals surface area contributed by atoms with Crippen molar-refractivity contribution < 1.29 is 9.53 Å². The van der Waals surface area contributed by atoms with Crippen LogP contribution in [0.1, 0.15) is 29.0 Å². The topological polar surface area (TPSA) is 62.4 Å². The van der Waals surface area contributed by atoms with Gasteiger partial charge in [0.2, 0.25) is 10.8 Å². The predicted molar refractivity (Wildman–Crippen MR) is 160 cm³/mol. The summed E-state index contributed by atoms with van der Waals surface area (Å²) < 4.78 is 9.75. The number of thiol groups is 1. The number of benzene rings is 4. The van der Waals surface area contributed by atoms with E-state index in [-0.39, 0.29) is 23.8 Å². The Labute approximate surface area is 235 Å². The molecule has 5 nitrogen and oxygen atoms in total. The number of nitrogens with one attached hydrogen (secondary N) is 3. The number of carbonyl (C=O) groups excluding carboxylic acids is 1. The van der Waals surface area contributed by atoms with E-state index in [1.165, 1.54) is 11.1 Å². The van der Waals surface area contributed by atoms with Gasteiger partial charge in [-0.2, -0.15) is 0 Å². The third kappa shape index (κ3) is 7.73. The Morgan fingerprint density at radius 2 is 1.44 bits per heavy atom. The minimum absolute atomic E-state index is 0.0804. The lowest BCUT2D eigenvalue weighted by atomic mass is 9.90. The fourth-order valence-corrected chi connectivity index (χ4v) is 5.88. The number of piperidine rings is 1. The maximum atomic E-state index is 13.3. The molecular formula is C33H36N3O2S+. The SMILES string of the molecule is O=C(NCC(c1ccccc1)c1ccccc1)[C@@H]1CNC[C@H](N[SH+]c2ccccc2OCc2ccccc2)C1. The molecule has 4 aromatic carbocycles. The van der Waals surface area contributed by atoms with Crippen molar-refractivity contribution in [2.45, 2.75) is 29.9 Å². The molecule has 0 spiro atoms. The average molecular weight is 539 g/mol. The molecule has 0 aliphatic carbocycles. The fourth-order valence-electron chi connectivity index (χ4n) is 4.95. The molecule has 0 unspecified atom stereocenters. The van der Waals surface area contributed by atoms with Crippen LogP contribution in [0.15, 0.2) is 120 Å². The standard InChI is InChI=1S/C33H35N3O2S/c37-33(35-23-30(26-14-6-2-7-15-26)27-16-8-3-9-17-27)28-20-29(22-34-21-28)36-39-32-19-11-10-18-31(32)38-24-25-12-4-1-5-13-25/h1-19,28-30,34,36H,20-24H2,(H,35,37)/p+1/t28-,29+/m0/s1. The summed E-state index contributed by atoms with van der Waals surface area (Å²) in [5.41, 5.74) is 3.55. The molecule has 1 fully saturated rings. The number of carbonyl (C=O) groups is 1. The van der Waals surface area contributed by atoms with Gasteiger partial charge in [0.05, 0.1) is 12.0 Å². The number of rotatable bonds is 11. The summed E-state index contributed by atoms with van der Waals surface area (Å²) in [6, 6.07) is 39.3. The van der Waals surface area contributed by atoms with E-state index in [0.717, 1.165) is 41.1 Å². The quantitative estimate of drug-likeness (QED) is 0.188. The van der Waals surface area contributed by atoms with Gasteiger partial charge in [0.1, 0.15) is 18.6 Å². The van der Waals surface area contributed by atoms with Gasteiger partial charge in [0.15, 0.2) is 5.75 Å². The highest BCUT2D eigenvalue weighted by Gasteiger charge is 2.29. The van der Waals surface area contributed by atoms with E-state index in [0.29, 0.717) is 19.7 Å². The second-order valence-electron chi connectivity index (χ2n) is 9.89. The zero-order valence-corrected chi connectivity index (χ0v) is 22.9. The molecule has 1 amide bonds. The molecule has 1 saturated heterocycles. The van der Waals surface area contributed by atoms with E-state index >= 15 is 0 Å². The minimum Gasteiger partial charge on any atom is -0.484 e. The van der Waals surface area contributed by atoms with Crippen LogP contribution in [-0.2, 0) is 23.3 Å². The predicted octanol–water partition coefficient (Wildman–Crippen LogP) is 4.87. The normalized spacial score (nSPS) is 17.1. The van der Waals surface area contributed by atoms with Crippen LogP contribution in [-0.4, -0.2) is 31.6 Å². The Balaban J connectivity index is 1.15. The van der Waals surface area contributed by atoms with E-state index in [4.69, 9.17) is 4.74 Å². The average Bonchev–Trinajstić information content (AvgIpc) is 3.01. The molecule has 5 rings (SSSR count). The molecule has 1 aliphatic heterocycles. The van der Waals surface area contributed by atoms with Crippen molar-refractivity contribution in [3.8, 4) is 5.75 Å². The van der Waals surface area contributed by atoms with E-state index < -0.39 is 0 Å². The van der Waals surface area contributed by atoms with Crippen molar-refractivity contribution in [3.63, 3.8) is 0 Å². The Hall–Kier alpha value is -3.58. The second kappa shape index (κ2) is 14.0. The highest BCUT2D eigenvalue weighted by atomic mass is 32.2. The first-order valence-electron chi connectivity index (χ1n) is 13.6. The number of amides is 1. The Morgan fingerprint density at radius 1 is 0.821 bits per heavy atom. The van der Waals surface area contributed by atoms with Crippen LogP contribution < -0.4 is 20.1 Å². The summed E-state index contributed by atoms with van der Waals surface area (Å²) in [5, 5.41) is 6.71. The molecule has 1 aliphatic rings. The van der Waals surface area contributed by atoms with Crippen molar-refractivity contribution in [1.82, 2.24) is 15.4 Å². The Bertz CT molecular complexity index is 1260. The molecule has 39 heavy (non-hydrogen) atoms. The largest absolute Gasteiger partial charge is 0.484 e. The van der Waals surface area contributed by atoms with Crippen molar-refractivity contribution >= 4 is 17.9 Å². The number of hydrogen-bond acceptors (Lipinski definition) is 4. The van der Waals surface area contributed by atoms with Gasteiger partial charge in [0, 0.05) is 25.6 Å². The maximum Gasteiger partial charge on any atom is 0.224 e. The van der Waals surface area contributed by atoms with Crippen molar-refractivity contribution in [3.05, 3.63) is 132 Å². The fraction of sp³-hybridized carbons (Fsp3) is 0.242. The molecule has 3 N–H and O–H groups in total. The third-order valence-corrected chi connectivity index (χ3v) is 8.18. The molecule has 1 heterocycles. The summed E-state index contributed by atoms with van der Waals surface area (Å²) in [7, 11) is 0. The molecule has 0 bridgehead atoms. The lowest BCUT2D eigenvalue weighted by Gasteiger charge is -2.28. The smallest absolute Gasteiger partial charge is 0.224 e. The Morgan fingerprint density at radius 3 is 2.13 bits per heavy atom. The van der Waals surface area contributed by atoms with E-state index in [1.807, 2.05) is 48.5 Å². The first-order chi connectivity index (χ1) is 19.3. The van der Waals surface area contributed by atoms with Crippen LogP contribution in [0.4, 0.5) is 0 Å². The zero-order valence-electron chi connectivity index (χ0n) is 22.0. The van der Waals surface area contributed by atoms with Gasteiger partial charge in [-0.05, 0) is 35.2 Å². The van der Waals surface area contributed by atoms with Crippen LogP contribution in [0.25, 0.3) is 0 Å². The molecule has 0 aromatic heterocycles. The van der Waals surface area contributed by atoms with Crippen LogP contribution in [0.3, 0.4) is 0 Å². The number of para-hydroxylation sites is 1. The summed E-state index contributed by atoms with van der Waals surface area (Å²) in [4.78, 5) is 14.3. The molecular weight excluding hydrogens is 502 g/mol. The van der Waals surface area contributed by atoms with Crippen molar-refractivity contribution in [2.24, 2.45) is 5.92 Å². The molecule has 200 valence electrons. The van der Waals surface area contributed by atoms with Gasteiger partial charge < -0.3 is 15.4 Å². The molecule has 0 radical (unpaired) electrons. The highest BCUT2D eigenvalue weighted by Crippen LogP contribution is 2.25. The van der Waals surface area contributed by atoms with Gasteiger partial charge in [-0.3, -0.25) is 4.79 Å². The summed E-state index contributed by atoms with van der Waals surface area (Å²) in [6.07, 6.45) is 0.792. The first kappa shape index (κ1) is 27.0. The van der Waals surface area contributed by atoms with Gasteiger partial charge in [-0.15, -0.1) is 4.72 Å². The third-order valence-electron chi connectivity index (χ3n) is 7.08. The van der Waals surface area contributed by atoms with Crippen LogP contribution in [0.2, 0.25) is 0 Å². The monoisotopic (exact) mass is 538 g/mol. The Kier molecular flexibility index (Phi) is 9.69. The molecule has 0 saturated carbocycles. The molecule has 4 aromatic rings. The summed E-state index contributed by atoms with van der Waals surface area (Å²) >= 11 is 0.983. The lowest BCUT2D eigenvalue weighted by Crippen LogP contribution is -2.50. The van der Waals surface area contributed by atoms with E-state index in [1.54, 1.807) is 0 Å². The summed E-state index contributed by atoms with van der Waals surface area (Å²) in [6.45, 7) is 2.64. The number of ether oxygens (including phenoxy) is 1. The maximum absolute atomic E-state index is 13.3. The molecule has 6 heteroatoms.